The van der Waals surface area contributed by atoms with Crippen LogP contribution in [0, 0.1) is 18.8 Å². The highest BCUT2D eigenvalue weighted by Gasteiger charge is 2.32. The third-order valence-electron chi connectivity index (χ3n) is 4.25. The molecule has 4 heteroatoms. The van der Waals surface area contributed by atoms with E-state index in [2.05, 4.69) is 10.6 Å². The molecule has 1 aromatic carbocycles. The number of carbonyl (C=O) groups is 2. The van der Waals surface area contributed by atoms with Crippen molar-refractivity contribution in [3.8, 4) is 0 Å². The van der Waals surface area contributed by atoms with E-state index < -0.39 is 6.04 Å². The fourth-order valence-corrected chi connectivity index (χ4v) is 2.49. The van der Waals surface area contributed by atoms with Gasteiger partial charge in [0.25, 0.3) is 5.91 Å². The van der Waals surface area contributed by atoms with Crippen molar-refractivity contribution in [3.63, 3.8) is 0 Å². The molecule has 22 heavy (non-hydrogen) atoms. The molecule has 0 heterocycles. The van der Waals surface area contributed by atoms with Crippen molar-refractivity contribution in [2.45, 2.75) is 52.6 Å². The number of aryl methyl sites for hydroxylation is 1. The third kappa shape index (κ3) is 4.33. The van der Waals surface area contributed by atoms with Crippen LogP contribution in [-0.4, -0.2) is 23.9 Å². The van der Waals surface area contributed by atoms with Gasteiger partial charge in [-0.05, 0) is 50.7 Å². The summed E-state index contributed by atoms with van der Waals surface area (Å²) < 4.78 is 0. The Balaban J connectivity index is 1.99. The van der Waals surface area contributed by atoms with Gasteiger partial charge in [-0.2, -0.15) is 0 Å². The molecule has 1 aromatic rings. The normalized spacial score (nSPS) is 17.0. The standard InChI is InChI=1S/C18H26N2O2/c1-11(2)16(18(22)19-13(4)14-9-10-14)20-17(21)15-7-5-12(3)6-8-15/h5-8,11,13-14,16H,9-10H2,1-4H3,(H,19,22)(H,20,21). The number of rotatable bonds is 6. The molecule has 2 N–H and O–H groups in total. The lowest BCUT2D eigenvalue weighted by Crippen LogP contribution is -2.52. The van der Waals surface area contributed by atoms with Gasteiger partial charge >= 0.3 is 0 Å². The van der Waals surface area contributed by atoms with Crippen LogP contribution in [0.25, 0.3) is 0 Å². The Bertz CT molecular complexity index is 533. The summed E-state index contributed by atoms with van der Waals surface area (Å²) in [6.45, 7) is 7.91. The Morgan fingerprint density at radius 3 is 2.14 bits per heavy atom. The van der Waals surface area contributed by atoms with Crippen molar-refractivity contribution in [2.75, 3.05) is 0 Å². The number of nitrogens with one attached hydrogen (secondary N) is 2. The molecule has 4 nitrogen and oxygen atoms in total. The van der Waals surface area contributed by atoms with Gasteiger partial charge in [0.05, 0.1) is 0 Å². The van der Waals surface area contributed by atoms with E-state index in [4.69, 9.17) is 0 Å². The Morgan fingerprint density at radius 2 is 1.64 bits per heavy atom. The zero-order chi connectivity index (χ0) is 16.3. The average Bonchev–Trinajstić information content (AvgIpc) is 3.29. The molecular weight excluding hydrogens is 276 g/mol. The van der Waals surface area contributed by atoms with E-state index in [0.29, 0.717) is 11.5 Å². The van der Waals surface area contributed by atoms with Crippen LogP contribution in [0.15, 0.2) is 24.3 Å². The Kier molecular flexibility index (Phi) is 5.22. The van der Waals surface area contributed by atoms with E-state index >= 15 is 0 Å². The first-order chi connectivity index (χ1) is 10.4. The number of benzene rings is 1. The molecule has 1 fully saturated rings. The summed E-state index contributed by atoms with van der Waals surface area (Å²) in [4.78, 5) is 24.7. The highest BCUT2D eigenvalue weighted by atomic mass is 16.2. The summed E-state index contributed by atoms with van der Waals surface area (Å²) in [6.07, 6.45) is 2.37. The summed E-state index contributed by atoms with van der Waals surface area (Å²) in [7, 11) is 0. The first-order valence-electron chi connectivity index (χ1n) is 8.06. The molecule has 1 aliphatic rings. The molecular formula is C18H26N2O2. The van der Waals surface area contributed by atoms with E-state index in [0.717, 1.165) is 5.56 Å². The van der Waals surface area contributed by atoms with Crippen molar-refractivity contribution in [2.24, 2.45) is 11.8 Å². The van der Waals surface area contributed by atoms with Gasteiger partial charge in [0, 0.05) is 11.6 Å². The highest BCUT2D eigenvalue weighted by Crippen LogP contribution is 2.32. The van der Waals surface area contributed by atoms with Crippen LogP contribution in [0.1, 0.15) is 49.5 Å². The van der Waals surface area contributed by atoms with Crippen molar-refractivity contribution in [1.82, 2.24) is 10.6 Å². The Morgan fingerprint density at radius 1 is 1.05 bits per heavy atom. The van der Waals surface area contributed by atoms with E-state index in [1.807, 2.05) is 39.8 Å². The monoisotopic (exact) mass is 302 g/mol. The largest absolute Gasteiger partial charge is 0.352 e. The maximum Gasteiger partial charge on any atom is 0.251 e. The number of hydrogen-bond donors (Lipinski definition) is 2. The van der Waals surface area contributed by atoms with Gasteiger partial charge in [0.15, 0.2) is 0 Å². The number of hydrogen-bond acceptors (Lipinski definition) is 2. The van der Waals surface area contributed by atoms with Gasteiger partial charge in [0.2, 0.25) is 5.91 Å². The van der Waals surface area contributed by atoms with Gasteiger partial charge in [-0.1, -0.05) is 31.5 Å². The van der Waals surface area contributed by atoms with Crippen molar-refractivity contribution in [3.05, 3.63) is 35.4 Å². The first kappa shape index (κ1) is 16.5. The molecule has 1 saturated carbocycles. The van der Waals surface area contributed by atoms with E-state index in [1.165, 1.54) is 12.8 Å². The maximum absolute atomic E-state index is 12.4. The molecule has 0 radical (unpaired) electrons. The summed E-state index contributed by atoms with van der Waals surface area (Å²) in [5.41, 5.74) is 1.69. The first-order valence-corrected chi connectivity index (χ1v) is 8.06. The van der Waals surface area contributed by atoms with Gasteiger partial charge in [-0.3, -0.25) is 9.59 Å². The lowest BCUT2D eigenvalue weighted by atomic mass is 10.0. The quantitative estimate of drug-likeness (QED) is 0.849. The molecule has 2 unspecified atom stereocenters. The van der Waals surface area contributed by atoms with Crippen LogP contribution in [0.5, 0.6) is 0 Å². The summed E-state index contributed by atoms with van der Waals surface area (Å²) >= 11 is 0. The second kappa shape index (κ2) is 6.95. The molecule has 2 amide bonds. The summed E-state index contributed by atoms with van der Waals surface area (Å²) in [5, 5.41) is 5.90. The Labute approximate surface area is 132 Å². The number of amides is 2. The summed E-state index contributed by atoms with van der Waals surface area (Å²) in [6, 6.07) is 7.04. The maximum atomic E-state index is 12.4. The molecule has 0 spiro atoms. The second-order valence-electron chi connectivity index (χ2n) is 6.70. The minimum absolute atomic E-state index is 0.0424. The zero-order valence-electron chi connectivity index (χ0n) is 13.8. The molecule has 1 aliphatic carbocycles. The summed E-state index contributed by atoms with van der Waals surface area (Å²) in [5.74, 6) is 0.355. The van der Waals surface area contributed by atoms with Crippen molar-refractivity contribution >= 4 is 11.8 Å². The average molecular weight is 302 g/mol. The second-order valence-corrected chi connectivity index (χ2v) is 6.70. The van der Waals surface area contributed by atoms with E-state index in [9.17, 15) is 9.59 Å². The van der Waals surface area contributed by atoms with Gasteiger partial charge in [-0.25, -0.2) is 0 Å². The molecule has 2 atom stereocenters. The van der Waals surface area contributed by atoms with Crippen LogP contribution < -0.4 is 10.6 Å². The fourth-order valence-electron chi connectivity index (χ4n) is 2.49. The van der Waals surface area contributed by atoms with Crippen molar-refractivity contribution in [1.29, 1.82) is 0 Å². The molecule has 0 aliphatic heterocycles. The lowest BCUT2D eigenvalue weighted by molar-refractivity contribution is -0.124. The predicted molar refractivity (Wildman–Crippen MR) is 87.6 cm³/mol. The van der Waals surface area contributed by atoms with Crippen LogP contribution in [-0.2, 0) is 4.79 Å². The molecule has 0 aromatic heterocycles. The van der Waals surface area contributed by atoms with Crippen LogP contribution in [0.2, 0.25) is 0 Å². The van der Waals surface area contributed by atoms with Gasteiger partial charge < -0.3 is 10.6 Å². The lowest BCUT2D eigenvalue weighted by Gasteiger charge is -2.24. The van der Waals surface area contributed by atoms with Gasteiger partial charge in [0.1, 0.15) is 6.04 Å². The minimum Gasteiger partial charge on any atom is -0.352 e. The SMILES string of the molecule is Cc1ccc(C(=O)NC(C(=O)NC(C)C2CC2)C(C)C)cc1. The fraction of sp³-hybridized carbons (Fsp3) is 0.556. The predicted octanol–water partition coefficient (Wildman–Crippen LogP) is 2.66. The topological polar surface area (TPSA) is 58.2 Å². The molecule has 0 saturated heterocycles. The number of carbonyl (C=O) groups excluding carboxylic acids is 2. The smallest absolute Gasteiger partial charge is 0.251 e. The zero-order valence-corrected chi connectivity index (χ0v) is 13.8. The third-order valence-corrected chi connectivity index (χ3v) is 4.25. The Hall–Kier alpha value is -1.84. The van der Waals surface area contributed by atoms with E-state index in [-0.39, 0.29) is 23.8 Å². The van der Waals surface area contributed by atoms with Crippen LogP contribution in [0.4, 0.5) is 0 Å². The molecule has 2 rings (SSSR count). The van der Waals surface area contributed by atoms with Crippen LogP contribution in [0.3, 0.4) is 0 Å². The van der Waals surface area contributed by atoms with E-state index in [1.54, 1.807) is 12.1 Å². The van der Waals surface area contributed by atoms with Gasteiger partial charge in [-0.15, -0.1) is 0 Å². The molecule has 120 valence electrons. The molecule has 0 bridgehead atoms. The highest BCUT2D eigenvalue weighted by molar-refractivity contribution is 5.97. The van der Waals surface area contributed by atoms with Crippen molar-refractivity contribution < 1.29 is 9.59 Å². The minimum atomic E-state index is -0.505. The van der Waals surface area contributed by atoms with Crippen LogP contribution >= 0.6 is 0 Å².